The number of nitriles is 1. The van der Waals surface area contributed by atoms with Crippen molar-refractivity contribution in [3.63, 3.8) is 0 Å². The molecule has 0 spiro atoms. The van der Waals surface area contributed by atoms with Crippen LogP contribution in [0, 0.1) is 17.2 Å². The minimum Gasteiger partial charge on any atom is -0.358 e. The second-order valence-corrected chi connectivity index (χ2v) is 9.88. The van der Waals surface area contributed by atoms with Gasteiger partial charge in [0.2, 0.25) is 9.84 Å². The predicted molar refractivity (Wildman–Crippen MR) is 110 cm³/mol. The highest BCUT2D eigenvalue weighted by Gasteiger charge is 2.59. The number of hydrogen-bond donors (Lipinski definition) is 1. The highest BCUT2D eigenvalue weighted by molar-refractivity contribution is 7.92. The van der Waals surface area contributed by atoms with E-state index in [1.807, 2.05) is 6.07 Å². The number of fused-ring (bicyclic) bond motifs is 3. The van der Waals surface area contributed by atoms with Crippen LogP contribution in [0.5, 0.6) is 0 Å². The molecule has 0 unspecified atom stereocenters. The van der Waals surface area contributed by atoms with Crippen LogP contribution in [0.1, 0.15) is 23.0 Å². The fourth-order valence-corrected chi connectivity index (χ4v) is 6.15. The smallest absolute Gasteiger partial charge is 0.295 e. The van der Waals surface area contributed by atoms with Crippen molar-refractivity contribution in [1.82, 2.24) is 15.1 Å². The van der Waals surface area contributed by atoms with Crippen molar-refractivity contribution >= 4 is 32.3 Å². The Morgan fingerprint density at radius 3 is 2.71 bits per heavy atom. The molecular weight excluding hydrogens is 443 g/mol. The van der Waals surface area contributed by atoms with E-state index in [1.54, 1.807) is 24.3 Å². The highest BCUT2D eigenvalue weighted by Crippen LogP contribution is 2.49. The summed E-state index contributed by atoms with van der Waals surface area (Å²) in [5.41, 5.74) is 2.37. The van der Waals surface area contributed by atoms with Gasteiger partial charge in [0.15, 0.2) is 0 Å². The van der Waals surface area contributed by atoms with E-state index in [4.69, 9.17) is 21.4 Å². The maximum Gasteiger partial charge on any atom is 0.295 e. The standard InChI is InChI=1S/C21H14ClFN4O3S/c22-13-6-7-17-16(10-13)15-8-12(9-18(15)25-17)21(23,20-26-19(11-24)27-30-20)31(28,29)14-4-2-1-3-5-14/h1-7,10,12,25H,8-9H2/t12-,21+/m1/s1. The van der Waals surface area contributed by atoms with E-state index in [-0.39, 0.29) is 17.7 Å². The first-order valence-corrected chi connectivity index (χ1v) is 11.2. The molecule has 31 heavy (non-hydrogen) atoms. The van der Waals surface area contributed by atoms with Crippen molar-refractivity contribution < 1.29 is 17.3 Å². The monoisotopic (exact) mass is 456 g/mol. The van der Waals surface area contributed by atoms with Gasteiger partial charge in [0.05, 0.1) is 4.90 Å². The zero-order chi connectivity index (χ0) is 21.8. The summed E-state index contributed by atoms with van der Waals surface area (Å²) < 4.78 is 48.8. The molecule has 0 radical (unpaired) electrons. The maximum absolute atomic E-state index is 16.8. The number of hydrogen-bond acceptors (Lipinski definition) is 6. The lowest BCUT2D eigenvalue weighted by molar-refractivity contribution is 0.128. The lowest BCUT2D eigenvalue weighted by Crippen LogP contribution is -2.40. The van der Waals surface area contributed by atoms with Gasteiger partial charge in [-0.25, -0.2) is 12.8 Å². The number of aromatic amines is 1. The molecule has 156 valence electrons. The van der Waals surface area contributed by atoms with Crippen molar-refractivity contribution in [2.45, 2.75) is 22.7 Å². The average Bonchev–Trinajstić information content (AvgIpc) is 3.49. The molecule has 0 amide bonds. The molecule has 2 atom stereocenters. The highest BCUT2D eigenvalue weighted by atomic mass is 35.5. The van der Waals surface area contributed by atoms with Crippen LogP contribution in [0.15, 0.2) is 57.9 Å². The van der Waals surface area contributed by atoms with Crippen LogP contribution in [0.4, 0.5) is 4.39 Å². The molecule has 0 bridgehead atoms. The predicted octanol–water partition coefficient (Wildman–Crippen LogP) is 4.09. The summed E-state index contributed by atoms with van der Waals surface area (Å²) in [6.07, 6.45) is 0.219. The SMILES string of the molecule is N#Cc1noc([C@](F)([C@H]2Cc3[nH]c4ccc(Cl)cc4c3C2)S(=O)(=O)c2ccccc2)n1. The molecule has 2 aromatic carbocycles. The number of sulfone groups is 1. The molecule has 1 aliphatic rings. The lowest BCUT2D eigenvalue weighted by atomic mass is 9.98. The van der Waals surface area contributed by atoms with Gasteiger partial charge in [-0.2, -0.15) is 10.2 Å². The van der Waals surface area contributed by atoms with Gasteiger partial charge in [0.25, 0.3) is 16.7 Å². The molecule has 1 aliphatic carbocycles. The Labute approximate surface area is 181 Å². The van der Waals surface area contributed by atoms with Crippen LogP contribution in [-0.4, -0.2) is 23.5 Å². The van der Waals surface area contributed by atoms with E-state index >= 15 is 4.39 Å². The Kier molecular flexibility index (Phi) is 4.39. The minimum atomic E-state index is -4.60. The topological polar surface area (TPSA) is 113 Å². The van der Waals surface area contributed by atoms with Crippen LogP contribution in [0.2, 0.25) is 5.02 Å². The van der Waals surface area contributed by atoms with Gasteiger partial charge in [-0.15, -0.1) is 0 Å². The summed E-state index contributed by atoms with van der Waals surface area (Å²) in [6.45, 7) is 0. The molecule has 4 aromatic rings. The first kappa shape index (κ1) is 19.7. The molecule has 0 saturated heterocycles. The van der Waals surface area contributed by atoms with Gasteiger partial charge < -0.3 is 9.51 Å². The largest absolute Gasteiger partial charge is 0.358 e. The van der Waals surface area contributed by atoms with Crippen molar-refractivity contribution in [1.29, 1.82) is 5.26 Å². The Bertz CT molecular complexity index is 1460. The summed E-state index contributed by atoms with van der Waals surface area (Å²) in [7, 11) is -4.60. The quantitative estimate of drug-likeness (QED) is 0.495. The van der Waals surface area contributed by atoms with Gasteiger partial charge in [0, 0.05) is 27.5 Å². The second-order valence-electron chi connectivity index (χ2n) is 7.37. The Morgan fingerprint density at radius 2 is 2.00 bits per heavy atom. The third-order valence-electron chi connectivity index (χ3n) is 5.64. The van der Waals surface area contributed by atoms with Crippen molar-refractivity contribution in [3.05, 3.63) is 76.5 Å². The van der Waals surface area contributed by atoms with Gasteiger partial charge in [0.1, 0.15) is 6.07 Å². The fourth-order valence-electron chi connectivity index (χ4n) is 4.20. The molecular formula is C21H14ClFN4O3S. The van der Waals surface area contributed by atoms with E-state index in [0.717, 1.165) is 22.2 Å². The van der Waals surface area contributed by atoms with Crippen LogP contribution >= 0.6 is 11.6 Å². The first-order valence-electron chi connectivity index (χ1n) is 9.36. The van der Waals surface area contributed by atoms with Gasteiger partial charge in [-0.3, -0.25) is 0 Å². The van der Waals surface area contributed by atoms with E-state index < -0.39 is 32.5 Å². The van der Waals surface area contributed by atoms with E-state index in [0.29, 0.717) is 5.02 Å². The number of nitrogens with zero attached hydrogens (tertiary/aromatic N) is 3. The van der Waals surface area contributed by atoms with Crippen LogP contribution in [-0.2, 0) is 27.7 Å². The van der Waals surface area contributed by atoms with Gasteiger partial charge >= 0.3 is 0 Å². The molecule has 0 fully saturated rings. The summed E-state index contributed by atoms with van der Waals surface area (Å²) in [5, 5.41) is 10.7. The molecule has 2 heterocycles. The number of H-pyrrole nitrogens is 1. The van der Waals surface area contributed by atoms with Crippen molar-refractivity contribution in [2.24, 2.45) is 5.92 Å². The Hall–Kier alpha value is -3.22. The third kappa shape index (κ3) is 2.86. The zero-order valence-electron chi connectivity index (χ0n) is 15.8. The van der Waals surface area contributed by atoms with E-state index in [9.17, 15) is 8.42 Å². The van der Waals surface area contributed by atoms with Crippen molar-refractivity contribution in [3.8, 4) is 6.07 Å². The number of benzene rings is 2. The minimum absolute atomic E-state index is 0.106. The Morgan fingerprint density at radius 1 is 1.23 bits per heavy atom. The van der Waals surface area contributed by atoms with Crippen LogP contribution in [0.3, 0.4) is 0 Å². The first-order chi connectivity index (χ1) is 14.8. The van der Waals surface area contributed by atoms with Gasteiger partial charge in [-0.1, -0.05) is 29.8 Å². The molecule has 7 nitrogen and oxygen atoms in total. The Balaban J connectivity index is 1.66. The van der Waals surface area contributed by atoms with E-state index in [1.165, 1.54) is 24.3 Å². The number of halogens is 2. The number of rotatable bonds is 4. The molecule has 0 aliphatic heterocycles. The van der Waals surface area contributed by atoms with Gasteiger partial charge in [-0.05, 0) is 53.9 Å². The molecule has 5 rings (SSSR count). The summed E-state index contributed by atoms with van der Waals surface area (Å²) in [6, 6.07) is 14.3. The number of aromatic nitrogens is 3. The summed E-state index contributed by atoms with van der Waals surface area (Å²) in [4.78, 5) is 6.75. The number of nitrogens with one attached hydrogen (secondary N) is 1. The second kappa shape index (κ2) is 6.90. The molecule has 0 saturated carbocycles. The molecule has 10 heteroatoms. The zero-order valence-corrected chi connectivity index (χ0v) is 17.4. The van der Waals surface area contributed by atoms with E-state index in [2.05, 4.69) is 15.1 Å². The maximum atomic E-state index is 16.8. The molecule has 2 aromatic heterocycles. The van der Waals surface area contributed by atoms with Crippen molar-refractivity contribution in [2.75, 3.05) is 0 Å². The number of alkyl halides is 1. The lowest BCUT2D eigenvalue weighted by Gasteiger charge is -2.27. The average molecular weight is 457 g/mol. The summed E-state index contributed by atoms with van der Waals surface area (Å²) >= 11 is 6.12. The summed E-state index contributed by atoms with van der Waals surface area (Å²) in [5.74, 6) is -2.23. The third-order valence-corrected chi connectivity index (χ3v) is 8.06. The van der Waals surface area contributed by atoms with Crippen LogP contribution < -0.4 is 0 Å². The molecule has 1 N–H and O–H groups in total. The van der Waals surface area contributed by atoms with Crippen LogP contribution in [0.25, 0.3) is 10.9 Å². The normalized spacial score (nSPS) is 17.9. The fraction of sp³-hybridized carbons (Fsp3) is 0.190.